The lowest BCUT2D eigenvalue weighted by atomic mass is 10.1. The Kier molecular flexibility index (Phi) is 5.53. The average molecular weight is 352 g/mol. The van der Waals surface area contributed by atoms with Crippen molar-refractivity contribution in [2.75, 3.05) is 18.7 Å². The van der Waals surface area contributed by atoms with Gasteiger partial charge in [-0.05, 0) is 30.7 Å². The van der Waals surface area contributed by atoms with Crippen molar-refractivity contribution in [3.8, 4) is 5.75 Å². The number of benzene rings is 2. The summed E-state index contributed by atoms with van der Waals surface area (Å²) in [6.07, 6.45) is 0.652. The molecule has 0 amide bonds. The van der Waals surface area contributed by atoms with Crippen molar-refractivity contribution in [2.24, 2.45) is 16.0 Å². The van der Waals surface area contributed by atoms with Crippen LogP contribution in [0.3, 0.4) is 0 Å². The van der Waals surface area contributed by atoms with E-state index in [-0.39, 0.29) is 0 Å². The van der Waals surface area contributed by atoms with Crippen LogP contribution in [0, 0.1) is 6.92 Å². The van der Waals surface area contributed by atoms with Gasteiger partial charge in [-0.1, -0.05) is 31.2 Å². The van der Waals surface area contributed by atoms with Crippen LogP contribution in [0.15, 0.2) is 52.7 Å². The van der Waals surface area contributed by atoms with Gasteiger partial charge in [-0.15, -0.1) is 10.2 Å². The van der Waals surface area contributed by atoms with E-state index < -0.39 is 0 Å². The fraction of sp³-hybridized carbons (Fsp3) is 0.300. The van der Waals surface area contributed by atoms with E-state index in [4.69, 9.17) is 15.3 Å². The second-order valence-electron chi connectivity index (χ2n) is 6.15. The summed E-state index contributed by atoms with van der Waals surface area (Å²) < 4.78 is 11.5. The Balaban J connectivity index is 1.75. The molecule has 0 aromatic heterocycles. The second-order valence-corrected chi connectivity index (χ2v) is 6.15. The lowest BCUT2D eigenvalue weighted by Crippen LogP contribution is -2.26. The van der Waals surface area contributed by atoms with Crippen molar-refractivity contribution < 1.29 is 9.47 Å². The Morgan fingerprint density at radius 1 is 1.23 bits per heavy atom. The Bertz CT molecular complexity index is 843. The molecule has 0 aliphatic carbocycles. The number of hydrogen-bond donors (Lipinski definition) is 1. The van der Waals surface area contributed by atoms with Gasteiger partial charge in [0.2, 0.25) is 5.90 Å². The Morgan fingerprint density at radius 3 is 2.81 bits per heavy atom. The van der Waals surface area contributed by atoms with Crippen LogP contribution >= 0.6 is 0 Å². The van der Waals surface area contributed by atoms with Crippen LogP contribution in [-0.2, 0) is 11.3 Å². The van der Waals surface area contributed by atoms with Crippen LogP contribution in [-0.4, -0.2) is 25.3 Å². The van der Waals surface area contributed by atoms with Gasteiger partial charge in [0.1, 0.15) is 24.7 Å². The SMILES string of the molecule is CC/C(=N\N=C1COc2ccccc21)OCc1c(C)cccc1N(C)N. The number of nitrogens with zero attached hydrogens (tertiary/aromatic N) is 3. The number of fused-ring (bicyclic) bond motifs is 1. The standard InChI is InChI=1S/C20H24N4O2/c1-4-20(23-22-17-13-25-19-11-6-5-9-15(17)19)26-12-16-14(2)8-7-10-18(16)24(3)21/h5-11H,4,12-13,21H2,1-3H3/b22-17?,23-20+. The predicted molar refractivity (Wildman–Crippen MR) is 105 cm³/mol. The van der Waals surface area contributed by atoms with E-state index >= 15 is 0 Å². The van der Waals surface area contributed by atoms with Gasteiger partial charge in [0, 0.05) is 24.6 Å². The Hall–Kier alpha value is -2.86. The molecule has 0 spiro atoms. The van der Waals surface area contributed by atoms with E-state index in [1.807, 2.05) is 63.4 Å². The maximum Gasteiger partial charge on any atom is 0.208 e. The highest BCUT2D eigenvalue weighted by molar-refractivity contribution is 6.06. The third-order valence-electron chi connectivity index (χ3n) is 4.30. The fourth-order valence-electron chi connectivity index (χ4n) is 2.82. The summed E-state index contributed by atoms with van der Waals surface area (Å²) in [4.78, 5) is 0. The summed E-state index contributed by atoms with van der Waals surface area (Å²) in [5.41, 5.74) is 4.90. The fourth-order valence-corrected chi connectivity index (χ4v) is 2.82. The molecular formula is C20H24N4O2. The largest absolute Gasteiger partial charge is 0.487 e. The molecule has 2 N–H and O–H groups in total. The first-order chi connectivity index (χ1) is 12.6. The summed E-state index contributed by atoms with van der Waals surface area (Å²) in [6, 6.07) is 13.8. The second kappa shape index (κ2) is 8.01. The molecule has 1 aliphatic rings. The van der Waals surface area contributed by atoms with Crippen LogP contribution in [0.25, 0.3) is 0 Å². The normalized spacial score (nSPS) is 14.9. The van der Waals surface area contributed by atoms with E-state index in [1.54, 1.807) is 5.01 Å². The van der Waals surface area contributed by atoms with Crippen LogP contribution in [0.2, 0.25) is 0 Å². The third kappa shape index (κ3) is 3.86. The number of rotatable bonds is 5. The Labute approximate surface area is 153 Å². The topological polar surface area (TPSA) is 72.4 Å². The molecule has 26 heavy (non-hydrogen) atoms. The number of aryl methyl sites for hydroxylation is 1. The molecule has 0 bridgehead atoms. The highest BCUT2D eigenvalue weighted by Gasteiger charge is 2.18. The van der Waals surface area contributed by atoms with E-state index in [2.05, 4.69) is 10.2 Å². The summed E-state index contributed by atoms with van der Waals surface area (Å²) in [5, 5.41) is 10.2. The lowest BCUT2D eigenvalue weighted by Gasteiger charge is -2.19. The minimum atomic E-state index is 0.397. The smallest absolute Gasteiger partial charge is 0.208 e. The zero-order valence-electron chi connectivity index (χ0n) is 15.4. The molecule has 136 valence electrons. The molecule has 0 saturated heterocycles. The van der Waals surface area contributed by atoms with Crippen molar-refractivity contribution in [2.45, 2.75) is 26.9 Å². The number of hydrogen-bond acceptors (Lipinski definition) is 6. The maximum absolute atomic E-state index is 5.92. The molecular weight excluding hydrogens is 328 g/mol. The molecule has 1 heterocycles. The molecule has 0 unspecified atom stereocenters. The highest BCUT2D eigenvalue weighted by Crippen LogP contribution is 2.25. The molecule has 0 fully saturated rings. The molecule has 2 aromatic rings. The molecule has 6 nitrogen and oxygen atoms in total. The van der Waals surface area contributed by atoms with E-state index in [1.165, 1.54) is 0 Å². The third-order valence-corrected chi connectivity index (χ3v) is 4.30. The van der Waals surface area contributed by atoms with Crippen molar-refractivity contribution >= 4 is 17.3 Å². The highest BCUT2D eigenvalue weighted by atomic mass is 16.5. The summed E-state index contributed by atoms with van der Waals surface area (Å²) in [6.45, 7) is 4.86. The van der Waals surface area contributed by atoms with Crippen molar-refractivity contribution in [3.05, 3.63) is 59.2 Å². The van der Waals surface area contributed by atoms with Crippen LogP contribution in [0.1, 0.15) is 30.0 Å². The van der Waals surface area contributed by atoms with Gasteiger partial charge >= 0.3 is 0 Å². The first-order valence-electron chi connectivity index (χ1n) is 8.65. The molecule has 0 saturated carbocycles. The van der Waals surface area contributed by atoms with Crippen LogP contribution in [0.5, 0.6) is 5.75 Å². The maximum atomic E-state index is 5.92. The number of hydrazine groups is 1. The number of nitrogens with two attached hydrogens (primary N) is 1. The zero-order valence-corrected chi connectivity index (χ0v) is 15.4. The minimum absolute atomic E-state index is 0.397. The van der Waals surface area contributed by atoms with Gasteiger partial charge in [-0.2, -0.15) is 0 Å². The molecule has 0 atom stereocenters. The zero-order chi connectivity index (χ0) is 18.5. The number of ether oxygens (including phenoxy) is 2. The molecule has 6 heteroatoms. The summed E-state index contributed by atoms with van der Waals surface area (Å²) in [5.74, 6) is 7.34. The monoisotopic (exact) mass is 352 g/mol. The van der Waals surface area contributed by atoms with E-state index in [0.29, 0.717) is 25.5 Å². The average Bonchev–Trinajstić information content (AvgIpc) is 3.06. The summed E-state index contributed by atoms with van der Waals surface area (Å²) >= 11 is 0. The minimum Gasteiger partial charge on any atom is -0.487 e. The lowest BCUT2D eigenvalue weighted by molar-refractivity contribution is 0.283. The van der Waals surface area contributed by atoms with Gasteiger partial charge in [0.25, 0.3) is 0 Å². The quantitative estimate of drug-likeness (QED) is 0.387. The van der Waals surface area contributed by atoms with E-state index in [0.717, 1.165) is 33.8 Å². The molecule has 3 rings (SSSR count). The van der Waals surface area contributed by atoms with Gasteiger partial charge in [0.05, 0.1) is 5.69 Å². The van der Waals surface area contributed by atoms with Gasteiger partial charge in [0.15, 0.2) is 0 Å². The Morgan fingerprint density at radius 2 is 2.04 bits per heavy atom. The first kappa shape index (κ1) is 17.9. The van der Waals surface area contributed by atoms with Crippen molar-refractivity contribution in [3.63, 3.8) is 0 Å². The van der Waals surface area contributed by atoms with Crippen LogP contribution in [0.4, 0.5) is 5.69 Å². The molecule has 0 radical (unpaired) electrons. The number of para-hydroxylation sites is 1. The summed E-state index contributed by atoms with van der Waals surface area (Å²) in [7, 11) is 1.82. The van der Waals surface area contributed by atoms with E-state index in [9.17, 15) is 0 Å². The molecule has 1 aliphatic heterocycles. The van der Waals surface area contributed by atoms with Gasteiger partial charge < -0.3 is 14.5 Å². The van der Waals surface area contributed by atoms with Crippen LogP contribution < -0.4 is 15.6 Å². The number of anilines is 1. The van der Waals surface area contributed by atoms with Crippen molar-refractivity contribution in [1.29, 1.82) is 0 Å². The van der Waals surface area contributed by atoms with Gasteiger partial charge in [-0.3, -0.25) is 0 Å². The molecule has 2 aromatic carbocycles. The van der Waals surface area contributed by atoms with Crippen molar-refractivity contribution in [1.82, 2.24) is 0 Å². The predicted octanol–water partition coefficient (Wildman–Crippen LogP) is 3.43. The first-order valence-corrected chi connectivity index (χ1v) is 8.65. The van der Waals surface area contributed by atoms with Gasteiger partial charge in [-0.25, -0.2) is 5.84 Å².